The summed E-state index contributed by atoms with van der Waals surface area (Å²) in [6.45, 7) is -0.441. The number of benzene rings is 3. The summed E-state index contributed by atoms with van der Waals surface area (Å²) < 4.78 is 11.2. The highest BCUT2D eigenvalue weighted by Crippen LogP contribution is 2.52. The Hall–Kier alpha value is -4.37. The summed E-state index contributed by atoms with van der Waals surface area (Å²) in [5, 5.41) is 60.9. The van der Waals surface area contributed by atoms with Gasteiger partial charge in [-0.05, 0) is 35.4 Å². The summed E-state index contributed by atoms with van der Waals surface area (Å²) in [7, 11) is 1.37. The fourth-order valence-electron chi connectivity index (χ4n) is 4.75. The molecule has 34 heavy (non-hydrogen) atoms. The van der Waals surface area contributed by atoms with Crippen molar-refractivity contribution in [3.05, 3.63) is 69.4 Å². The molecule has 1 heterocycles. The van der Waals surface area contributed by atoms with Crippen molar-refractivity contribution in [3.8, 4) is 45.8 Å². The summed E-state index contributed by atoms with van der Waals surface area (Å²) in [4.78, 5) is 13.8. The molecule has 0 unspecified atom stereocenters. The van der Waals surface area contributed by atoms with Crippen molar-refractivity contribution in [2.45, 2.75) is 11.8 Å². The Morgan fingerprint density at radius 3 is 2.35 bits per heavy atom. The minimum atomic E-state index is -0.834. The van der Waals surface area contributed by atoms with Crippen molar-refractivity contribution >= 4 is 11.0 Å². The molecule has 2 atom stereocenters. The topological polar surface area (TPSA) is 161 Å². The third kappa shape index (κ3) is 3.01. The highest BCUT2D eigenvalue weighted by Gasteiger charge is 2.40. The van der Waals surface area contributed by atoms with Crippen LogP contribution in [0.1, 0.15) is 28.5 Å². The van der Waals surface area contributed by atoms with Gasteiger partial charge in [-0.2, -0.15) is 0 Å². The number of phenols is 5. The molecule has 5 rings (SSSR count). The highest BCUT2D eigenvalue weighted by molar-refractivity contribution is 5.89. The lowest BCUT2D eigenvalue weighted by Crippen LogP contribution is -2.27. The number of aliphatic hydroxyl groups is 1. The zero-order chi connectivity index (χ0) is 24.3. The van der Waals surface area contributed by atoms with Crippen LogP contribution in [0.5, 0.6) is 34.5 Å². The van der Waals surface area contributed by atoms with E-state index in [1.807, 2.05) is 0 Å². The Labute approximate surface area is 192 Å². The number of phenolic OH excluding ortho intramolecular Hbond substituents is 5. The second-order valence-electron chi connectivity index (χ2n) is 8.14. The molecule has 0 amide bonds. The summed E-state index contributed by atoms with van der Waals surface area (Å²) in [6, 6.07) is 9.23. The Balaban J connectivity index is 1.94. The van der Waals surface area contributed by atoms with E-state index in [2.05, 4.69) is 0 Å². The molecule has 6 N–H and O–H groups in total. The zero-order valence-corrected chi connectivity index (χ0v) is 17.8. The van der Waals surface area contributed by atoms with Crippen LogP contribution in [0.2, 0.25) is 0 Å². The lowest BCUT2D eigenvalue weighted by atomic mass is 9.70. The summed E-state index contributed by atoms with van der Waals surface area (Å²) in [5.74, 6) is -3.18. The van der Waals surface area contributed by atoms with E-state index in [-0.39, 0.29) is 45.1 Å². The smallest absolute Gasteiger partial charge is 0.200 e. The van der Waals surface area contributed by atoms with Crippen LogP contribution in [0.4, 0.5) is 0 Å². The first-order valence-electron chi connectivity index (χ1n) is 10.3. The number of rotatable bonds is 3. The maximum Gasteiger partial charge on any atom is 0.200 e. The van der Waals surface area contributed by atoms with Gasteiger partial charge in [-0.3, -0.25) is 4.79 Å². The van der Waals surface area contributed by atoms with E-state index in [4.69, 9.17) is 9.15 Å². The fourth-order valence-corrected chi connectivity index (χ4v) is 4.75. The lowest BCUT2D eigenvalue weighted by molar-refractivity contribution is 0.252. The number of hydrogen-bond donors (Lipinski definition) is 6. The molecule has 0 saturated carbocycles. The average molecular weight is 464 g/mol. The van der Waals surface area contributed by atoms with Gasteiger partial charge in [-0.25, -0.2) is 0 Å². The number of fused-ring (bicyclic) bond motifs is 4. The minimum Gasteiger partial charge on any atom is -0.508 e. The van der Waals surface area contributed by atoms with Crippen molar-refractivity contribution in [2.75, 3.05) is 13.7 Å². The second-order valence-corrected chi connectivity index (χ2v) is 8.14. The first kappa shape index (κ1) is 21.5. The molecule has 0 aliphatic heterocycles. The van der Waals surface area contributed by atoms with Gasteiger partial charge < -0.3 is 39.8 Å². The molecule has 4 aromatic rings. The summed E-state index contributed by atoms with van der Waals surface area (Å²) in [5.41, 5.74) is 0.602. The quantitative estimate of drug-likeness (QED) is 0.250. The second kappa shape index (κ2) is 7.60. The summed E-state index contributed by atoms with van der Waals surface area (Å²) in [6.07, 6.45) is 0. The lowest BCUT2D eigenvalue weighted by Gasteiger charge is -2.34. The van der Waals surface area contributed by atoms with Crippen molar-refractivity contribution in [1.29, 1.82) is 0 Å². The van der Waals surface area contributed by atoms with Gasteiger partial charge in [-0.15, -0.1) is 0 Å². The van der Waals surface area contributed by atoms with E-state index < -0.39 is 41.1 Å². The highest BCUT2D eigenvalue weighted by atomic mass is 16.5. The van der Waals surface area contributed by atoms with Gasteiger partial charge in [-0.1, -0.05) is 6.07 Å². The molecule has 174 valence electrons. The van der Waals surface area contributed by atoms with Crippen LogP contribution in [0.25, 0.3) is 22.3 Å². The third-order valence-electron chi connectivity index (χ3n) is 6.26. The van der Waals surface area contributed by atoms with Crippen LogP contribution in [0, 0.1) is 0 Å². The zero-order valence-electron chi connectivity index (χ0n) is 17.8. The van der Waals surface area contributed by atoms with Crippen molar-refractivity contribution in [1.82, 2.24) is 0 Å². The van der Waals surface area contributed by atoms with Gasteiger partial charge >= 0.3 is 0 Å². The molecule has 3 aromatic carbocycles. The maximum absolute atomic E-state index is 13.8. The first-order valence-corrected chi connectivity index (χ1v) is 10.3. The van der Waals surface area contributed by atoms with Crippen molar-refractivity contribution in [2.24, 2.45) is 0 Å². The van der Waals surface area contributed by atoms with E-state index in [0.717, 1.165) is 6.07 Å². The molecule has 1 aliphatic rings. The van der Waals surface area contributed by atoms with Gasteiger partial charge in [0.2, 0.25) is 5.43 Å². The van der Waals surface area contributed by atoms with E-state index in [9.17, 15) is 35.4 Å². The minimum absolute atomic E-state index is 0.0505. The molecule has 1 aliphatic carbocycles. The fraction of sp³-hybridized carbons (Fsp3) is 0.160. The molecular weight excluding hydrogens is 444 g/mol. The molecule has 0 saturated heterocycles. The predicted octanol–water partition coefficient (Wildman–Crippen LogP) is 3.22. The van der Waals surface area contributed by atoms with Crippen LogP contribution < -0.4 is 10.2 Å². The molecule has 0 spiro atoms. The molecule has 9 nitrogen and oxygen atoms in total. The van der Waals surface area contributed by atoms with Crippen molar-refractivity contribution < 1.29 is 39.8 Å². The maximum atomic E-state index is 13.8. The molecule has 1 aromatic heterocycles. The van der Waals surface area contributed by atoms with E-state index in [1.54, 1.807) is 6.07 Å². The number of aliphatic hydroxyl groups excluding tert-OH is 1. The Morgan fingerprint density at radius 1 is 0.912 bits per heavy atom. The molecule has 9 heteroatoms. The first-order chi connectivity index (χ1) is 16.2. The molecule has 0 radical (unpaired) electrons. The van der Waals surface area contributed by atoms with Crippen LogP contribution >= 0.6 is 0 Å². The van der Waals surface area contributed by atoms with Gasteiger partial charge in [0.25, 0.3) is 0 Å². The number of hydrogen-bond acceptors (Lipinski definition) is 9. The molecule has 0 fully saturated rings. The number of aromatic hydroxyl groups is 5. The van der Waals surface area contributed by atoms with E-state index in [1.165, 1.54) is 37.4 Å². The molecule has 0 bridgehead atoms. The van der Waals surface area contributed by atoms with Gasteiger partial charge in [0.05, 0.1) is 19.3 Å². The monoisotopic (exact) mass is 464 g/mol. The molecular formula is C25H20O9. The predicted molar refractivity (Wildman–Crippen MR) is 121 cm³/mol. The number of ether oxygens (including phenoxy) is 1. The normalized spacial score (nSPS) is 16.8. The SMILES string of the molecule is COc1cc([C@@H]2c3c(oc4cc(O)cc(O)c4c3=O)-c3cc(O)c(O)cc3[C@@H]2CO)ccc1O. The average Bonchev–Trinajstić information content (AvgIpc) is 2.79. The third-order valence-corrected chi connectivity index (χ3v) is 6.26. The van der Waals surface area contributed by atoms with Gasteiger partial charge in [0.1, 0.15) is 28.2 Å². The Morgan fingerprint density at radius 2 is 1.65 bits per heavy atom. The van der Waals surface area contributed by atoms with E-state index >= 15 is 0 Å². The van der Waals surface area contributed by atoms with Crippen LogP contribution in [0.3, 0.4) is 0 Å². The number of methoxy groups -OCH3 is 1. The van der Waals surface area contributed by atoms with Crippen molar-refractivity contribution in [3.63, 3.8) is 0 Å². The van der Waals surface area contributed by atoms with Gasteiger partial charge in [0, 0.05) is 29.5 Å². The van der Waals surface area contributed by atoms with E-state index in [0.29, 0.717) is 11.1 Å². The standard InChI is InChI=1S/C25H20O9/c1-33-19-4-10(2-3-15(19)28)21-14(9-26)12-7-16(29)17(30)8-13(12)25-23(21)24(32)22-18(31)5-11(27)6-20(22)34-25/h2-8,14,21,26-31H,9H2,1H3/t14-,21-/m0/s1. The van der Waals surface area contributed by atoms with Crippen LogP contribution in [0.15, 0.2) is 51.7 Å². The Kier molecular flexibility index (Phi) is 4.80. The Bertz CT molecular complexity index is 1520. The van der Waals surface area contributed by atoms with Crippen LogP contribution in [-0.2, 0) is 0 Å². The summed E-state index contributed by atoms with van der Waals surface area (Å²) >= 11 is 0. The van der Waals surface area contributed by atoms with Crippen LogP contribution in [-0.4, -0.2) is 44.4 Å². The largest absolute Gasteiger partial charge is 0.508 e. The van der Waals surface area contributed by atoms with Gasteiger partial charge in [0.15, 0.2) is 23.0 Å².